The number of benzene rings is 1. The topological polar surface area (TPSA) is 76.4 Å². The smallest absolute Gasteiger partial charge is 0.248 e. The summed E-state index contributed by atoms with van der Waals surface area (Å²) in [4.78, 5) is 11.1. The average Bonchev–Trinajstić information content (AvgIpc) is 2.76. The summed E-state index contributed by atoms with van der Waals surface area (Å²) in [5.41, 5.74) is 6.49. The van der Waals surface area contributed by atoms with E-state index in [4.69, 9.17) is 10.5 Å². The Balaban J connectivity index is 1.94. The molecule has 1 fully saturated rings. The third-order valence-electron chi connectivity index (χ3n) is 3.40. The van der Waals surface area contributed by atoms with Crippen molar-refractivity contribution in [2.24, 2.45) is 5.73 Å². The summed E-state index contributed by atoms with van der Waals surface area (Å²) >= 11 is 0. The molecule has 5 nitrogen and oxygen atoms in total. The van der Waals surface area contributed by atoms with E-state index >= 15 is 0 Å². The Morgan fingerprint density at radius 1 is 1.41 bits per heavy atom. The van der Waals surface area contributed by atoms with Gasteiger partial charge in [-0.25, -0.2) is 0 Å². The molecule has 1 aromatic rings. The molecule has 1 spiro atoms. The van der Waals surface area contributed by atoms with Gasteiger partial charge in [-0.1, -0.05) is 0 Å². The maximum atomic E-state index is 11.1. The number of amides is 1. The van der Waals surface area contributed by atoms with Gasteiger partial charge in [0.1, 0.15) is 11.4 Å². The monoisotopic (exact) mass is 233 g/mol. The molecule has 90 valence electrons. The van der Waals surface area contributed by atoms with Gasteiger partial charge < -0.3 is 21.1 Å². The first-order chi connectivity index (χ1) is 8.19. The van der Waals surface area contributed by atoms with Crippen LogP contribution in [0.1, 0.15) is 16.8 Å². The fourth-order valence-corrected chi connectivity index (χ4v) is 2.39. The standard InChI is InChI=1S/C12H15N3O2/c13-11(16)8-1-2-9-10(5-8)17-12(7-15-9)3-4-14-6-12/h1-2,5,14-15H,3-4,6-7H2,(H2,13,16). The number of rotatable bonds is 1. The van der Waals surface area contributed by atoms with Crippen LogP contribution in [-0.4, -0.2) is 31.1 Å². The largest absolute Gasteiger partial charge is 0.482 e. The highest BCUT2D eigenvalue weighted by molar-refractivity contribution is 5.94. The maximum Gasteiger partial charge on any atom is 0.248 e. The van der Waals surface area contributed by atoms with Gasteiger partial charge in [-0.05, 0) is 24.7 Å². The van der Waals surface area contributed by atoms with Crippen molar-refractivity contribution < 1.29 is 9.53 Å². The molecule has 1 unspecified atom stereocenters. The van der Waals surface area contributed by atoms with Crippen molar-refractivity contribution in [1.29, 1.82) is 0 Å². The second kappa shape index (κ2) is 3.63. The van der Waals surface area contributed by atoms with E-state index in [-0.39, 0.29) is 5.60 Å². The highest BCUT2D eigenvalue weighted by Crippen LogP contribution is 2.36. The molecule has 0 aromatic heterocycles. The van der Waals surface area contributed by atoms with E-state index in [0.29, 0.717) is 5.56 Å². The van der Waals surface area contributed by atoms with Crippen LogP contribution in [0.2, 0.25) is 0 Å². The average molecular weight is 233 g/mol. The van der Waals surface area contributed by atoms with Crippen LogP contribution < -0.4 is 21.1 Å². The molecule has 0 saturated carbocycles. The molecule has 1 saturated heterocycles. The molecule has 2 heterocycles. The minimum atomic E-state index is -0.430. The normalized spacial score (nSPS) is 26.1. The molecule has 0 radical (unpaired) electrons. The van der Waals surface area contributed by atoms with Crippen LogP contribution in [0.25, 0.3) is 0 Å². The second-order valence-electron chi connectivity index (χ2n) is 4.64. The maximum absolute atomic E-state index is 11.1. The molecule has 1 atom stereocenters. The van der Waals surface area contributed by atoms with Crippen LogP contribution in [0.15, 0.2) is 18.2 Å². The molecule has 5 heteroatoms. The van der Waals surface area contributed by atoms with Crippen LogP contribution >= 0.6 is 0 Å². The van der Waals surface area contributed by atoms with E-state index in [9.17, 15) is 4.79 Å². The van der Waals surface area contributed by atoms with E-state index in [0.717, 1.165) is 37.5 Å². The van der Waals surface area contributed by atoms with Gasteiger partial charge in [-0.3, -0.25) is 4.79 Å². The first-order valence-corrected chi connectivity index (χ1v) is 5.76. The first-order valence-electron chi connectivity index (χ1n) is 5.76. The lowest BCUT2D eigenvalue weighted by Crippen LogP contribution is -2.47. The first kappa shape index (κ1) is 10.4. The summed E-state index contributed by atoms with van der Waals surface area (Å²) in [7, 11) is 0. The number of ether oxygens (including phenoxy) is 1. The van der Waals surface area contributed by atoms with Crippen molar-refractivity contribution in [2.75, 3.05) is 25.0 Å². The van der Waals surface area contributed by atoms with Crippen LogP contribution in [0.3, 0.4) is 0 Å². The third-order valence-corrected chi connectivity index (χ3v) is 3.40. The van der Waals surface area contributed by atoms with Gasteiger partial charge in [0.2, 0.25) is 5.91 Å². The van der Waals surface area contributed by atoms with Gasteiger partial charge in [0, 0.05) is 18.5 Å². The van der Waals surface area contributed by atoms with Crippen molar-refractivity contribution in [3.63, 3.8) is 0 Å². The summed E-state index contributed by atoms with van der Waals surface area (Å²) in [6.07, 6.45) is 0.972. The number of carbonyl (C=O) groups is 1. The van der Waals surface area contributed by atoms with Crippen molar-refractivity contribution in [3.8, 4) is 5.75 Å². The summed E-state index contributed by atoms with van der Waals surface area (Å²) in [6.45, 7) is 2.59. The van der Waals surface area contributed by atoms with Crippen molar-refractivity contribution in [2.45, 2.75) is 12.0 Å². The number of nitrogens with two attached hydrogens (primary N) is 1. The van der Waals surface area contributed by atoms with Gasteiger partial charge in [-0.2, -0.15) is 0 Å². The van der Waals surface area contributed by atoms with Crippen LogP contribution in [0, 0.1) is 0 Å². The molecule has 3 rings (SSSR count). The molecular weight excluding hydrogens is 218 g/mol. The van der Waals surface area contributed by atoms with Gasteiger partial charge in [0.25, 0.3) is 0 Å². The quantitative estimate of drug-likeness (QED) is 0.653. The molecule has 2 aliphatic rings. The van der Waals surface area contributed by atoms with Gasteiger partial charge >= 0.3 is 0 Å². The number of fused-ring (bicyclic) bond motifs is 1. The van der Waals surface area contributed by atoms with Crippen LogP contribution in [0.5, 0.6) is 5.75 Å². The zero-order chi connectivity index (χ0) is 11.9. The summed E-state index contributed by atoms with van der Waals surface area (Å²) in [5.74, 6) is 0.289. The lowest BCUT2D eigenvalue weighted by molar-refractivity contribution is 0.0948. The minimum absolute atomic E-state index is 0.177. The number of hydrogen-bond acceptors (Lipinski definition) is 4. The van der Waals surface area contributed by atoms with E-state index in [1.54, 1.807) is 12.1 Å². The third kappa shape index (κ3) is 1.72. The number of anilines is 1. The summed E-state index contributed by atoms with van der Waals surface area (Å²) < 4.78 is 6.04. The van der Waals surface area contributed by atoms with E-state index in [1.807, 2.05) is 6.07 Å². The molecule has 0 bridgehead atoms. The molecule has 0 aliphatic carbocycles. The summed E-state index contributed by atoms with van der Waals surface area (Å²) in [5, 5.41) is 6.64. The molecule has 4 N–H and O–H groups in total. The van der Waals surface area contributed by atoms with E-state index in [1.165, 1.54) is 0 Å². The van der Waals surface area contributed by atoms with Crippen LogP contribution in [-0.2, 0) is 0 Å². The Bertz CT molecular complexity index is 467. The highest BCUT2D eigenvalue weighted by atomic mass is 16.5. The Labute approximate surface area is 99.3 Å². The Hall–Kier alpha value is -1.75. The fraction of sp³-hybridized carbons (Fsp3) is 0.417. The van der Waals surface area contributed by atoms with E-state index < -0.39 is 5.91 Å². The number of hydrogen-bond donors (Lipinski definition) is 3. The number of primary amides is 1. The zero-order valence-corrected chi connectivity index (χ0v) is 9.45. The zero-order valence-electron chi connectivity index (χ0n) is 9.45. The lowest BCUT2D eigenvalue weighted by Gasteiger charge is -2.35. The molecule has 2 aliphatic heterocycles. The predicted octanol–water partition coefficient (Wildman–Crippen LogP) is 0.322. The Morgan fingerprint density at radius 3 is 3.00 bits per heavy atom. The van der Waals surface area contributed by atoms with Crippen molar-refractivity contribution >= 4 is 11.6 Å². The Morgan fingerprint density at radius 2 is 2.29 bits per heavy atom. The van der Waals surface area contributed by atoms with Gasteiger partial charge in [-0.15, -0.1) is 0 Å². The van der Waals surface area contributed by atoms with E-state index in [2.05, 4.69) is 10.6 Å². The van der Waals surface area contributed by atoms with Gasteiger partial charge in [0.05, 0.1) is 12.2 Å². The minimum Gasteiger partial charge on any atom is -0.482 e. The fourth-order valence-electron chi connectivity index (χ4n) is 2.39. The molecule has 1 aromatic carbocycles. The SMILES string of the molecule is NC(=O)c1ccc2c(c1)OC1(CCNC1)CN2. The predicted molar refractivity (Wildman–Crippen MR) is 64.3 cm³/mol. The van der Waals surface area contributed by atoms with Crippen LogP contribution in [0.4, 0.5) is 5.69 Å². The van der Waals surface area contributed by atoms with Gasteiger partial charge in [0.15, 0.2) is 0 Å². The van der Waals surface area contributed by atoms with Crippen molar-refractivity contribution in [1.82, 2.24) is 5.32 Å². The highest BCUT2D eigenvalue weighted by Gasteiger charge is 2.39. The second-order valence-corrected chi connectivity index (χ2v) is 4.64. The summed E-state index contributed by atoms with van der Waals surface area (Å²) in [6, 6.07) is 5.26. The molecule has 1 amide bonds. The number of nitrogens with one attached hydrogen (secondary N) is 2. The molecule has 17 heavy (non-hydrogen) atoms. The molecular formula is C12H15N3O2. The van der Waals surface area contributed by atoms with Crippen molar-refractivity contribution in [3.05, 3.63) is 23.8 Å². The Kier molecular flexibility index (Phi) is 2.22. The number of carbonyl (C=O) groups excluding carboxylic acids is 1. The lowest BCUT2D eigenvalue weighted by atomic mass is 10.0.